The molecule has 0 saturated heterocycles. The fraction of sp³-hybridized carbons (Fsp3) is 0.231. The largest absolute Gasteiger partial charge is 0.459 e. The summed E-state index contributed by atoms with van der Waals surface area (Å²) in [6, 6.07) is 7.23. The van der Waals surface area contributed by atoms with Crippen molar-refractivity contribution in [1.29, 1.82) is 0 Å². The molecule has 2 aromatic rings. The average Bonchev–Trinajstić information content (AvgIpc) is 2.73. The number of ether oxygens (including phenoxy) is 1. The summed E-state index contributed by atoms with van der Waals surface area (Å²) in [6.45, 7) is 2.15. The Bertz CT molecular complexity index is 551. The van der Waals surface area contributed by atoms with Crippen molar-refractivity contribution in [1.82, 2.24) is 4.98 Å². The van der Waals surface area contributed by atoms with Crippen LogP contribution in [0, 0.1) is 6.92 Å². The van der Waals surface area contributed by atoms with E-state index in [4.69, 9.17) is 10.5 Å². The first kappa shape index (κ1) is 12.6. The number of nitrogens with zero attached hydrogens (tertiary/aromatic N) is 1. The number of nitrogen functional groups attached to an aromatic ring is 1. The van der Waals surface area contributed by atoms with Crippen molar-refractivity contribution >= 4 is 23.0 Å². The minimum Gasteiger partial charge on any atom is -0.459 e. The number of rotatable bonds is 4. The molecule has 0 amide bonds. The van der Waals surface area contributed by atoms with E-state index in [9.17, 15) is 4.79 Å². The number of benzene rings is 1. The van der Waals surface area contributed by atoms with Gasteiger partial charge >= 0.3 is 5.97 Å². The molecule has 0 radical (unpaired) electrons. The van der Waals surface area contributed by atoms with Gasteiger partial charge in [0.15, 0.2) is 0 Å². The molecule has 1 heterocycles. The fourth-order valence-corrected chi connectivity index (χ4v) is 2.15. The number of carbonyl (C=O) groups excluding carboxylic acids is 1. The van der Waals surface area contributed by atoms with Crippen LogP contribution < -0.4 is 5.73 Å². The molecule has 0 spiro atoms. The molecule has 0 atom stereocenters. The molecule has 1 aromatic carbocycles. The minimum atomic E-state index is -0.272. The lowest BCUT2D eigenvalue weighted by Crippen LogP contribution is -2.08. The topological polar surface area (TPSA) is 65.2 Å². The number of anilines is 1. The summed E-state index contributed by atoms with van der Waals surface area (Å²) in [6.07, 6.45) is 0.230. The second kappa shape index (κ2) is 5.64. The zero-order valence-corrected chi connectivity index (χ0v) is 10.9. The smallest absolute Gasteiger partial charge is 0.310 e. The predicted octanol–water partition coefficient (Wildman–Crippen LogP) is 2.32. The van der Waals surface area contributed by atoms with Crippen molar-refractivity contribution in [2.24, 2.45) is 0 Å². The predicted molar refractivity (Wildman–Crippen MR) is 71.2 cm³/mol. The van der Waals surface area contributed by atoms with Gasteiger partial charge in [-0.2, -0.15) is 0 Å². The van der Waals surface area contributed by atoms with Gasteiger partial charge in [-0.3, -0.25) is 4.79 Å². The maximum Gasteiger partial charge on any atom is 0.310 e. The van der Waals surface area contributed by atoms with Crippen LogP contribution in [0.25, 0.3) is 0 Å². The van der Waals surface area contributed by atoms with Crippen LogP contribution in [-0.4, -0.2) is 11.0 Å². The lowest BCUT2D eigenvalue weighted by atomic mass is 10.1. The quantitative estimate of drug-likeness (QED) is 0.678. The van der Waals surface area contributed by atoms with Crippen molar-refractivity contribution in [3.05, 3.63) is 45.9 Å². The normalized spacial score (nSPS) is 10.3. The first-order valence-electron chi connectivity index (χ1n) is 5.54. The Hall–Kier alpha value is -1.88. The Balaban J connectivity index is 1.85. The van der Waals surface area contributed by atoms with Gasteiger partial charge in [0.2, 0.25) is 0 Å². The van der Waals surface area contributed by atoms with E-state index in [2.05, 4.69) is 4.98 Å². The third-order valence-electron chi connectivity index (χ3n) is 2.35. The summed E-state index contributed by atoms with van der Waals surface area (Å²) >= 11 is 1.54. The van der Waals surface area contributed by atoms with Gasteiger partial charge in [-0.25, -0.2) is 4.98 Å². The maximum absolute atomic E-state index is 11.6. The van der Waals surface area contributed by atoms with Crippen LogP contribution in [0.5, 0.6) is 0 Å². The number of hydrogen-bond acceptors (Lipinski definition) is 5. The summed E-state index contributed by atoms with van der Waals surface area (Å²) < 4.78 is 5.15. The van der Waals surface area contributed by atoms with Gasteiger partial charge in [-0.05, 0) is 24.6 Å². The van der Waals surface area contributed by atoms with Gasteiger partial charge in [0.05, 0.1) is 17.1 Å². The number of aromatic nitrogens is 1. The molecule has 1 aromatic heterocycles. The Labute approximate surface area is 109 Å². The monoisotopic (exact) mass is 262 g/mol. The number of carbonyl (C=O) groups is 1. The summed E-state index contributed by atoms with van der Waals surface area (Å²) in [5.41, 5.74) is 7.94. The van der Waals surface area contributed by atoms with Crippen LogP contribution in [0.1, 0.15) is 16.3 Å². The van der Waals surface area contributed by atoms with E-state index in [1.54, 1.807) is 23.5 Å². The molecule has 0 fully saturated rings. The molecule has 0 aliphatic rings. The first-order chi connectivity index (χ1) is 8.63. The highest BCUT2D eigenvalue weighted by Crippen LogP contribution is 2.11. The van der Waals surface area contributed by atoms with Gasteiger partial charge in [-0.1, -0.05) is 12.1 Å². The molecular weight excluding hydrogens is 248 g/mol. The highest BCUT2D eigenvalue weighted by Gasteiger charge is 2.07. The zero-order valence-electron chi connectivity index (χ0n) is 10.1. The van der Waals surface area contributed by atoms with E-state index in [-0.39, 0.29) is 19.0 Å². The molecule has 2 rings (SSSR count). The van der Waals surface area contributed by atoms with Crippen molar-refractivity contribution in [2.75, 3.05) is 5.73 Å². The van der Waals surface area contributed by atoms with Crippen molar-refractivity contribution in [3.8, 4) is 0 Å². The Morgan fingerprint density at radius 3 is 3.00 bits per heavy atom. The van der Waals surface area contributed by atoms with E-state index in [0.29, 0.717) is 5.69 Å². The molecule has 0 unspecified atom stereocenters. The molecule has 18 heavy (non-hydrogen) atoms. The summed E-state index contributed by atoms with van der Waals surface area (Å²) in [5.74, 6) is -0.272. The Morgan fingerprint density at radius 1 is 1.50 bits per heavy atom. The van der Waals surface area contributed by atoms with Crippen LogP contribution in [0.4, 0.5) is 5.69 Å². The number of aryl methyl sites for hydroxylation is 1. The summed E-state index contributed by atoms with van der Waals surface area (Å²) in [5, 5.41) is 2.86. The lowest BCUT2D eigenvalue weighted by molar-refractivity contribution is -0.144. The molecule has 0 aliphatic heterocycles. The second-order valence-electron chi connectivity index (χ2n) is 3.94. The molecule has 4 nitrogen and oxygen atoms in total. The van der Waals surface area contributed by atoms with Gasteiger partial charge < -0.3 is 10.5 Å². The summed E-state index contributed by atoms with van der Waals surface area (Å²) in [7, 11) is 0. The van der Waals surface area contributed by atoms with Gasteiger partial charge in [-0.15, -0.1) is 11.3 Å². The van der Waals surface area contributed by atoms with Crippen LogP contribution in [0.3, 0.4) is 0 Å². The van der Waals surface area contributed by atoms with Crippen LogP contribution in [0.2, 0.25) is 0 Å². The summed E-state index contributed by atoms with van der Waals surface area (Å²) in [4.78, 5) is 15.8. The Morgan fingerprint density at radius 2 is 2.33 bits per heavy atom. The van der Waals surface area contributed by atoms with E-state index in [1.807, 2.05) is 24.4 Å². The molecule has 5 heteroatoms. The molecular formula is C13H14N2O2S. The van der Waals surface area contributed by atoms with Gasteiger partial charge in [0.1, 0.15) is 6.61 Å². The van der Waals surface area contributed by atoms with Crippen LogP contribution in [0.15, 0.2) is 29.6 Å². The Kier molecular flexibility index (Phi) is 3.94. The standard InChI is InChI=1S/C13H14N2O2S/c1-9-15-12(8-18-9)7-17-13(16)6-10-3-2-4-11(14)5-10/h2-5,8H,6-7,14H2,1H3. The van der Waals surface area contributed by atoms with E-state index >= 15 is 0 Å². The van der Waals surface area contributed by atoms with Crippen molar-refractivity contribution < 1.29 is 9.53 Å². The van der Waals surface area contributed by atoms with Crippen LogP contribution >= 0.6 is 11.3 Å². The average molecular weight is 262 g/mol. The fourth-order valence-electron chi connectivity index (χ4n) is 1.55. The van der Waals surface area contributed by atoms with E-state index in [1.165, 1.54) is 0 Å². The highest BCUT2D eigenvalue weighted by atomic mass is 32.1. The molecule has 0 bridgehead atoms. The van der Waals surface area contributed by atoms with Crippen LogP contribution in [-0.2, 0) is 22.6 Å². The number of esters is 1. The SMILES string of the molecule is Cc1nc(COC(=O)Cc2cccc(N)c2)cs1. The number of thiazole rings is 1. The third-order valence-corrected chi connectivity index (χ3v) is 3.17. The van der Waals surface area contributed by atoms with Gasteiger partial charge in [0.25, 0.3) is 0 Å². The zero-order chi connectivity index (χ0) is 13.0. The lowest BCUT2D eigenvalue weighted by Gasteiger charge is -2.03. The molecule has 0 aliphatic carbocycles. The number of hydrogen-bond donors (Lipinski definition) is 1. The number of nitrogens with two attached hydrogens (primary N) is 1. The van der Waals surface area contributed by atoms with Gasteiger partial charge in [0, 0.05) is 11.1 Å². The first-order valence-corrected chi connectivity index (χ1v) is 6.42. The second-order valence-corrected chi connectivity index (χ2v) is 5.00. The van der Waals surface area contributed by atoms with E-state index < -0.39 is 0 Å². The minimum absolute atomic E-state index is 0.228. The molecule has 0 saturated carbocycles. The third kappa shape index (κ3) is 3.56. The molecule has 2 N–H and O–H groups in total. The van der Waals surface area contributed by atoms with E-state index in [0.717, 1.165) is 16.3 Å². The van der Waals surface area contributed by atoms with Crippen molar-refractivity contribution in [2.45, 2.75) is 20.0 Å². The highest BCUT2D eigenvalue weighted by molar-refractivity contribution is 7.09. The van der Waals surface area contributed by atoms with Crippen molar-refractivity contribution in [3.63, 3.8) is 0 Å². The maximum atomic E-state index is 11.6. The molecule has 94 valence electrons.